The van der Waals surface area contributed by atoms with Crippen molar-refractivity contribution in [2.45, 2.75) is 39.0 Å². The van der Waals surface area contributed by atoms with Gasteiger partial charge in [-0.25, -0.2) is 4.79 Å². The minimum atomic E-state index is -0.279. The monoisotopic (exact) mass is 345 g/mol. The number of furan rings is 1. The molecular weight excluding hydrogens is 322 g/mol. The smallest absolute Gasteiger partial charge is 0.322 e. The van der Waals surface area contributed by atoms with Crippen LogP contribution in [0, 0.1) is 0 Å². The van der Waals surface area contributed by atoms with Crippen LogP contribution in [-0.2, 0) is 17.9 Å². The number of carbonyl (C=O) groups is 1. The molecule has 1 aliphatic heterocycles. The molecule has 1 saturated heterocycles. The lowest BCUT2D eigenvalue weighted by Crippen LogP contribution is -2.35. The highest BCUT2D eigenvalue weighted by atomic mass is 16.5. The van der Waals surface area contributed by atoms with Crippen molar-refractivity contribution in [3.63, 3.8) is 0 Å². The van der Waals surface area contributed by atoms with Gasteiger partial charge in [0, 0.05) is 38.7 Å². The predicted octanol–water partition coefficient (Wildman–Crippen LogP) is 2.98. The summed E-state index contributed by atoms with van der Waals surface area (Å²) in [5.41, 5.74) is 0.0914. The van der Waals surface area contributed by atoms with E-state index in [9.17, 15) is 9.59 Å². The first kappa shape index (κ1) is 17.3. The molecule has 0 aromatic carbocycles. The topological polar surface area (TPSA) is 76.7 Å². The van der Waals surface area contributed by atoms with E-state index in [0.29, 0.717) is 18.8 Å². The molecule has 25 heavy (non-hydrogen) atoms. The van der Waals surface area contributed by atoms with Crippen LogP contribution >= 0.6 is 0 Å². The lowest BCUT2D eigenvalue weighted by Gasteiger charge is -2.23. The zero-order chi connectivity index (χ0) is 17.8. The van der Waals surface area contributed by atoms with Crippen LogP contribution in [0.3, 0.4) is 0 Å². The third-order valence-corrected chi connectivity index (χ3v) is 4.40. The highest BCUT2D eigenvalue weighted by Gasteiger charge is 2.32. The fourth-order valence-electron chi connectivity index (χ4n) is 3.10. The molecule has 0 spiro atoms. The van der Waals surface area contributed by atoms with Gasteiger partial charge in [-0.1, -0.05) is 0 Å². The summed E-state index contributed by atoms with van der Waals surface area (Å²) in [7, 11) is 1.61. The van der Waals surface area contributed by atoms with E-state index in [0.717, 1.165) is 30.9 Å². The number of rotatable bonds is 5. The maximum atomic E-state index is 12.7. The molecule has 7 heteroatoms. The van der Waals surface area contributed by atoms with E-state index in [2.05, 4.69) is 5.32 Å². The van der Waals surface area contributed by atoms with E-state index in [1.807, 2.05) is 23.6 Å². The molecule has 1 N–H and O–H groups in total. The van der Waals surface area contributed by atoms with Crippen molar-refractivity contribution in [2.24, 2.45) is 0 Å². The number of hydrogen-bond acceptors (Lipinski definition) is 4. The van der Waals surface area contributed by atoms with Crippen LogP contribution in [0.15, 0.2) is 39.8 Å². The zero-order valence-corrected chi connectivity index (χ0v) is 14.5. The van der Waals surface area contributed by atoms with Crippen LogP contribution in [0.4, 0.5) is 10.5 Å². The van der Waals surface area contributed by atoms with Gasteiger partial charge in [-0.05, 0) is 31.9 Å². The molecule has 3 heterocycles. The predicted molar refractivity (Wildman–Crippen MR) is 93.5 cm³/mol. The first-order valence-electron chi connectivity index (χ1n) is 8.47. The standard InChI is InChI=1S/C18H23N3O4/c1-3-20-10-8-16(22)14(11-20)19-18(23)21-9-4-5-15(21)17-7-6-13(25-17)12-24-2/h6-8,10-11,15H,3-5,9,12H2,1-2H3,(H,19,23)/t15-/m0/s1. The van der Waals surface area contributed by atoms with Gasteiger partial charge in [0.25, 0.3) is 0 Å². The number of likely N-dealkylation sites (tertiary alicyclic amines) is 1. The zero-order valence-electron chi connectivity index (χ0n) is 14.5. The average Bonchev–Trinajstić information content (AvgIpc) is 3.26. The molecular formula is C18H23N3O4. The van der Waals surface area contributed by atoms with Crippen molar-refractivity contribution in [2.75, 3.05) is 19.0 Å². The summed E-state index contributed by atoms with van der Waals surface area (Å²) in [6.07, 6.45) is 5.10. The summed E-state index contributed by atoms with van der Waals surface area (Å²) in [5.74, 6) is 1.48. The third kappa shape index (κ3) is 3.76. The Morgan fingerprint density at radius 3 is 3.00 bits per heavy atom. The fourth-order valence-corrected chi connectivity index (χ4v) is 3.10. The summed E-state index contributed by atoms with van der Waals surface area (Å²) in [6.45, 7) is 3.73. The summed E-state index contributed by atoms with van der Waals surface area (Å²) in [5, 5.41) is 2.75. The van der Waals surface area contributed by atoms with Gasteiger partial charge in [-0.2, -0.15) is 0 Å². The molecule has 3 rings (SSSR count). The maximum absolute atomic E-state index is 12.7. The Labute approximate surface area is 146 Å². The molecule has 2 amide bonds. The Kier molecular flexibility index (Phi) is 5.23. The highest BCUT2D eigenvalue weighted by molar-refractivity contribution is 5.89. The van der Waals surface area contributed by atoms with Crippen LogP contribution in [-0.4, -0.2) is 29.2 Å². The first-order chi connectivity index (χ1) is 12.1. The SMILES string of the molecule is CCn1ccc(=O)c(NC(=O)N2CCC[C@H]2c2ccc(COC)o2)c1. The normalized spacial score (nSPS) is 17.0. The number of aryl methyl sites for hydroxylation is 1. The Hall–Kier alpha value is -2.54. The minimum absolute atomic E-state index is 0.122. The lowest BCUT2D eigenvalue weighted by atomic mass is 10.2. The second-order valence-corrected chi connectivity index (χ2v) is 6.07. The molecule has 134 valence electrons. The van der Waals surface area contributed by atoms with Gasteiger partial charge in [-0.15, -0.1) is 0 Å². The summed E-state index contributed by atoms with van der Waals surface area (Å²) < 4.78 is 12.7. The number of hydrogen-bond donors (Lipinski definition) is 1. The Bertz CT molecular complexity index is 796. The van der Waals surface area contributed by atoms with Crippen LogP contribution in [0.5, 0.6) is 0 Å². The molecule has 0 aliphatic carbocycles. The molecule has 2 aromatic rings. The average molecular weight is 345 g/mol. The molecule has 1 aliphatic rings. The Morgan fingerprint density at radius 1 is 1.40 bits per heavy atom. The minimum Gasteiger partial charge on any atom is -0.461 e. The number of methoxy groups -OCH3 is 1. The van der Waals surface area contributed by atoms with Crippen LogP contribution in [0.25, 0.3) is 0 Å². The van der Waals surface area contributed by atoms with E-state index in [1.165, 1.54) is 6.07 Å². The molecule has 0 saturated carbocycles. The maximum Gasteiger partial charge on any atom is 0.322 e. The van der Waals surface area contributed by atoms with Gasteiger partial charge in [0.05, 0.1) is 6.04 Å². The van der Waals surface area contributed by atoms with Gasteiger partial charge in [-0.3, -0.25) is 4.79 Å². The largest absolute Gasteiger partial charge is 0.461 e. The van der Waals surface area contributed by atoms with E-state index in [1.54, 1.807) is 24.4 Å². The summed E-state index contributed by atoms with van der Waals surface area (Å²) in [6, 6.07) is 4.81. The third-order valence-electron chi connectivity index (χ3n) is 4.40. The van der Waals surface area contributed by atoms with Crippen LogP contribution in [0.2, 0.25) is 0 Å². The van der Waals surface area contributed by atoms with E-state index in [-0.39, 0.29) is 17.5 Å². The number of ether oxygens (including phenoxy) is 1. The number of nitrogens with zero attached hydrogens (tertiary/aromatic N) is 2. The molecule has 0 bridgehead atoms. The van der Waals surface area contributed by atoms with E-state index < -0.39 is 0 Å². The number of nitrogens with one attached hydrogen (secondary N) is 1. The van der Waals surface area contributed by atoms with Crippen LogP contribution < -0.4 is 10.7 Å². The molecule has 2 aromatic heterocycles. The molecule has 0 radical (unpaired) electrons. The number of aromatic nitrogens is 1. The van der Waals surface area contributed by atoms with Gasteiger partial charge < -0.3 is 23.9 Å². The Morgan fingerprint density at radius 2 is 2.24 bits per heavy atom. The van der Waals surface area contributed by atoms with Gasteiger partial charge in [0.15, 0.2) is 0 Å². The highest BCUT2D eigenvalue weighted by Crippen LogP contribution is 2.33. The second kappa shape index (κ2) is 7.57. The Balaban J connectivity index is 1.75. The lowest BCUT2D eigenvalue weighted by molar-refractivity contribution is 0.157. The fraction of sp³-hybridized carbons (Fsp3) is 0.444. The van der Waals surface area contributed by atoms with Crippen molar-refractivity contribution in [3.8, 4) is 0 Å². The number of anilines is 1. The van der Waals surface area contributed by atoms with Crippen molar-refractivity contribution >= 4 is 11.7 Å². The number of carbonyl (C=O) groups excluding carboxylic acids is 1. The van der Waals surface area contributed by atoms with Crippen LogP contribution in [0.1, 0.15) is 37.3 Å². The summed E-state index contributed by atoms with van der Waals surface area (Å²) >= 11 is 0. The molecule has 1 atom stereocenters. The molecule has 0 unspecified atom stereocenters. The quantitative estimate of drug-likeness (QED) is 0.904. The summed E-state index contributed by atoms with van der Waals surface area (Å²) in [4.78, 5) is 26.4. The van der Waals surface area contributed by atoms with Gasteiger partial charge >= 0.3 is 6.03 Å². The van der Waals surface area contributed by atoms with E-state index in [4.69, 9.17) is 9.15 Å². The molecule has 1 fully saturated rings. The molecule has 7 nitrogen and oxygen atoms in total. The van der Waals surface area contributed by atoms with Crippen molar-refractivity contribution in [3.05, 3.63) is 52.3 Å². The first-order valence-corrected chi connectivity index (χ1v) is 8.47. The van der Waals surface area contributed by atoms with Gasteiger partial charge in [0.1, 0.15) is 23.8 Å². The number of urea groups is 1. The number of pyridine rings is 1. The number of amides is 2. The van der Waals surface area contributed by atoms with Crippen molar-refractivity contribution in [1.82, 2.24) is 9.47 Å². The van der Waals surface area contributed by atoms with Crippen molar-refractivity contribution in [1.29, 1.82) is 0 Å². The second-order valence-electron chi connectivity index (χ2n) is 6.07. The van der Waals surface area contributed by atoms with Gasteiger partial charge in [0.2, 0.25) is 5.43 Å². The van der Waals surface area contributed by atoms with E-state index >= 15 is 0 Å². The van der Waals surface area contributed by atoms with Crippen molar-refractivity contribution < 1.29 is 13.9 Å².